The number of carbonyl (C=O) groups is 3. The molecule has 3 aliphatic rings. The SMILES string of the molecule is CN1C(=O)N(C)C(=O)C2(Cc3ccccc3N3CCN(c4ccccc4)C[C@H]32)C1=O. The van der Waals surface area contributed by atoms with Crippen LogP contribution in [0.25, 0.3) is 0 Å². The van der Waals surface area contributed by atoms with E-state index < -0.39 is 23.3 Å². The molecule has 3 heterocycles. The highest BCUT2D eigenvalue weighted by atomic mass is 16.2. The number of para-hydroxylation sites is 2. The highest BCUT2D eigenvalue weighted by molar-refractivity contribution is 6.20. The molecule has 0 saturated carbocycles. The lowest BCUT2D eigenvalue weighted by Crippen LogP contribution is -2.74. The minimum absolute atomic E-state index is 0.298. The van der Waals surface area contributed by atoms with E-state index in [4.69, 9.17) is 0 Å². The van der Waals surface area contributed by atoms with E-state index >= 15 is 0 Å². The molecule has 2 fully saturated rings. The minimum atomic E-state index is -1.32. The molecule has 7 heteroatoms. The number of barbiturate groups is 1. The topological polar surface area (TPSA) is 64.2 Å². The van der Waals surface area contributed by atoms with Gasteiger partial charge in [0, 0.05) is 45.1 Å². The summed E-state index contributed by atoms with van der Waals surface area (Å²) in [6, 6.07) is 17.1. The maximum absolute atomic E-state index is 13.6. The van der Waals surface area contributed by atoms with Crippen LogP contribution in [-0.2, 0) is 16.0 Å². The Bertz CT molecular complexity index is 1010. The normalized spacial score (nSPS) is 23.0. The zero-order valence-corrected chi connectivity index (χ0v) is 17.1. The second kappa shape index (κ2) is 6.58. The second-order valence-corrected chi connectivity index (χ2v) is 8.28. The summed E-state index contributed by atoms with van der Waals surface area (Å²) in [5.74, 6) is -0.815. The van der Waals surface area contributed by atoms with E-state index in [-0.39, 0.29) is 6.04 Å². The third-order valence-electron chi connectivity index (χ3n) is 6.79. The van der Waals surface area contributed by atoms with Crippen LogP contribution >= 0.6 is 0 Å². The molecule has 3 aliphatic heterocycles. The van der Waals surface area contributed by atoms with E-state index in [0.717, 1.165) is 33.3 Å². The standard InChI is InChI=1S/C23H24N4O3/c1-24-20(28)23(21(29)25(2)22(24)30)14-16-8-6-7-11-18(16)27-13-12-26(15-19(23)27)17-9-4-3-5-10-17/h3-11,19H,12-15H2,1-2H3/t19-/m0/s1. The number of urea groups is 1. The highest BCUT2D eigenvalue weighted by Crippen LogP contribution is 2.47. The predicted octanol–water partition coefficient (Wildman–Crippen LogP) is 1.97. The molecule has 2 aromatic carbocycles. The molecule has 1 atom stereocenters. The van der Waals surface area contributed by atoms with Crippen molar-refractivity contribution in [3.63, 3.8) is 0 Å². The van der Waals surface area contributed by atoms with E-state index in [0.29, 0.717) is 19.5 Å². The quantitative estimate of drug-likeness (QED) is 0.680. The lowest BCUT2D eigenvalue weighted by Gasteiger charge is -2.56. The summed E-state index contributed by atoms with van der Waals surface area (Å²) >= 11 is 0. The summed E-state index contributed by atoms with van der Waals surface area (Å²) in [6.45, 7) is 2.02. The van der Waals surface area contributed by atoms with Crippen molar-refractivity contribution in [1.29, 1.82) is 0 Å². The molecule has 30 heavy (non-hydrogen) atoms. The van der Waals surface area contributed by atoms with E-state index in [1.54, 1.807) is 0 Å². The molecule has 0 aliphatic carbocycles. The Morgan fingerprint density at radius 1 is 0.833 bits per heavy atom. The molecular weight excluding hydrogens is 380 g/mol. The maximum atomic E-state index is 13.6. The van der Waals surface area contributed by atoms with Gasteiger partial charge in [0.15, 0.2) is 5.41 Å². The summed E-state index contributed by atoms with van der Waals surface area (Å²) in [7, 11) is 2.94. The van der Waals surface area contributed by atoms with Crippen molar-refractivity contribution in [2.45, 2.75) is 12.5 Å². The van der Waals surface area contributed by atoms with Gasteiger partial charge in [-0.25, -0.2) is 4.79 Å². The Hall–Kier alpha value is -3.35. The van der Waals surface area contributed by atoms with E-state index in [2.05, 4.69) is 15.9 Å². The van der Waals surface area contributed by atoms with Crippen LogP contribution in [0.5, 0.6) is 0 Å². The average Bonchev–Trinajstić information content (AvgIpc) is 2.80. The first-order chi connectivity index (χ1) is 14.4. The molecule has 4 amide bonds. The fraction of sp³-hybridized carbons (Fsp3) is 0.348. The molecule has 0 unspecified atom stereocenters. The summed E-state index contributed by atoms with van der Waals surface area (Å²) in [5.41, 5.74) is 1.79. The first-order valence-corrected chi connectivity index (χ1v) is 10.2. The minimum Gasteiger partial charge on any atom is -0.368 e. The van der Waals surface area contributed by atoms with Crippen molar-refractivity contribution in [3.8, 4) is 0 Å². The molecule has 5 rings (SSSR count). The monoisotopic (exact) mass is 404 g/mol. The van der Waals surface area contributed by atoms with Crippen molar-refractivity contribution < 1.29 is 14.4 Å². The Balaban J connectivity index is 1.65. The summed E-state index contributed by atoms with van der Waals surface area (Å²) in [5, 5.41) is 0. The number of carbonyl (C=O) groups excluding carboxylic acids is 3. The fourth-order valence-electron chi connectivity index (χ4n) is 5.25. The molecule has 2 saturated heterocycles. The van der Waals surface area contributed by atoms with Crippen LogP contribution in [0.15, 0.2) is 54.6 Å². The van der Waals surface area contributed by atoms with Crippen LogP contribution < -0.4 is 9.80 Å². The lowest BCUT2D eigenvalue weighted by molar-refractivity contribution is -0.159. The molecule has 0 radical (unpaired) electrons. The summed E-state index contributed by atoms with van der Waals surface area (Å²) in [6.07, 6.45) is 0.298. The molecule has 154 valence electrons. The molecule has 2 aromatic rings. The average molecular weight is 404 g/mol. The van der Waals surface area contributed by atoms with Gasteiger partial charge < -0.3 is 9.80 Å². The van der Waals surface area contributed by atoms with Gasteiger partial charge in [0.1, 0.15) is 0 Å². The number of amides is 4. The van der Waals surface area contributed by atoms with Crippen molar-refractivity contribution >= 4 is 29.2 Å². The first-order valence-electron chi connectivity index (χ1n) is 10.2. The van der Waals surface area contributed by atoms with E-state index in [1.165, 1.54) is 14.1 Å². The van der Waals surface area contributed by atoms with Crippen molar-refractivity contribution in [3.05, 3.63) is 60.2 Å². The van der Waals surface area contributed by atoms with Crippen LogP contribution in [0.4, 0.5) is 16.2 Å². The van der Waals surface area contributed by atoms with Gasteiger partial charge in [-0.1, -0.05) is 36.4 Å². The zero-order valence-electron chi connectivity index (χ0n) is 17.1. The Morgan fingerprint density at radius 2 is 1.47 bits per heavy atom. The molecule has 0 aromatic heterocycles. The Kier molecular flexibility index (Phi) is 4.10. The van der Waals surface area contributed by atoms with Crippen LogP contribution in [0.1, 0.15) is 5.56 Å². The van der Waals surface area contributed by atoms with Gasteiger partial charge in [0.2, 0.25) is 11.8 Å². The molecule has 0 N–H and O–H groups in total. The fourth-order valence-corrected chi connectivity index (χ4v) is 5.25. The Morgan fingerprint density at radius 3 is 2.17 bits per heavy atom. The highest BCUT2D eigenvalue weighted by Gasteiger charge is 2.63. The number of piperazine rings is 1. The maximum Gasteiger partial charge on any atom is 0.332 e. The summed E-state index contributed by atoms with van der Waals surface area (Å²) < 4.78 is 0. The summed E-state index contributed by atoms with van der Waals surface area (Å²) in [4.78, 5) is 46.3. The largest absolute Gasteiger partial charge is 0.368 e. The Labute approximate surface area is 175 Å². The number of anilines is 2. The first kappa shape index (κ1) is 18.7. The predicted molar refractivity (Wildman–Crippen MR) is 113 cm³/mol. The third kappa shape index (κ3) is 2.41. The molecule has 1 spiro atoms. The van der Waals surface area contributed by atoms with Crippen molar-refractivity contribution in [2.75, 3.05) is 43.5 Å². The second-order valence-electron chi connectivity index (χ2n) is 8.28. The zero-order chi connectivity index (χ0) is 21.0. The van der Waals surface area contributed by atoms with Gasteiger partial charge in [0.25, 0.3) is 0 Å². The lowest BCUT2D eigenvalue weighted by atomic mass is 9.67. The van der Waals surface area contributed by atoms with Gasteiger partial charge in [-0.15, -0.1) is 0 Å². The van der Waals surface area contributed by atoms with Gasteiger partial charge in [0.05, 0.1) is 6.04 Å². The number of imide groups is 2. The van der Waals surface area contributed by atoms with Crippen LogP contribution in [0.2, 0.25) is 0 Å². The number of hydrogen-bond donors (Lipinski definition) is 0. The molecule has 7 nitrogen and oxygen atoms in total. The van der Waals surface area contributed by atoms with E-state index in [9.17, 15) is 14.4 Å². The molecule has 0 bridgehead atoms. The number of fused-ring (bicyclic) bond motifs is 4. The molecular formula is C23H24N4O3. The van der Waals surface area contributed by atoms with Gasteiger partial charge in [-0.05, 0) is 30.2 Å². The smallest absolute Gasteiger partial charge is 0.332 e. The number of nitrogens with zero attached hydrogens (tertiary/aromatic N) is 4. The number of rotatable bonds is 1. The number of hydrogen-bond acceptors (Lipinski definition) is 5. The van der Waals surface area contributed by atoms with Gasteiger partial charge in [-0.3, -0.25) is 19.4 Å². The van der Waals surface area contributed by atoms with Gasteiger partial charge >= 0.3 is 6.03 Å². The van der Waals surface area contributed by atoms with Crippen LogP contribution in [-0.4, -0.2) is 67.4 Å². The van der Waals surface area contributed by atoms with Crippen molar-refractivity contribution in [2.24, 2.45) is 5.41 Å². The third-order valence-corrected chi connectivity index (χ3v) is 6.79. The van der Waals surface area contributed by atoms with Crippen molar-refractivity contribution in [1.82, 2.24) is 9.80 Å². The van der Waals surface area contributed by atoms with Gasteiger partial charge in [-0.2, -0.15) is 0 Å². The van der Waals surface area contributed by atoms with E-state index in [1.807, 2.05) is 48.5 Å². The van der Waals surface area contributed by atoms with Crippen LogP contribution in [0, 0.1) is 5.41 Å². The van der Waals surface area contributed by atoms with Crippen LogP contribution in [0.3, 0.4) is 0 Å². The number of benzene rings is 2.